The third-order valence-corrected chi connectivity index (χ3v) is 13.1. The van der Waals surface area contributed by atoms with Gasteiger partial charge in [-0.2, -0.15) is 8.42 Å². The van der Waals surface area contributed by atoms with Gasteiger partial charge in [0.05, 0.1) is 16.9 Å². The predicted molar refractivity (Wildman–Crippen MR) is 114 cm³/mol. The molecule has 0 aromatic rings. The summed E-state index contributed by atoms with van der Waals surface area (Å²) in [5.41, 5.74) is -1.24. The maximum absolute atomic E-state index is 13.2. The van der Waals surface area contributed by atoms with Gasteiger partial charge in [-0.1, -0.05) is 27.2 Å². The summed E-state index contributed by atoms with van der Waals surface area (Å²) < 4.78 is 32.3. The van der Waals surface area contributed by atoms with Crippen LogP contribution < -0.4 is 0 Å². The fourth-order valence-electron chi connectivity index (χ4n) is 5.46. The summed E-state index contributed by atoms with van der Waals surface area (Å²) in [7, 11) is -6.21. The summed E-state index contributed by atoms with van der Waals surface area (Å²) in [6, 6.07) is 0. The van der Waals surface area contributed by atoms with E-state index in [1.165, 1.54) is 0 Å². The van der Waals surface area contributed by atoms with E-state index in [-0.39, 0.29) is 53.0 Å². The van der Waals surface area contributed by atoms with Crippen LogP contribution in [0.4, 0.5) is 0 Å². The Morgan fingerprint density at radius 2 is 1.86 bits per heavy atom. The smallest absolute Gasteiger partial charge is 0.277 e. The molecule has 0 N–H and O–H groups in total. The van der Waals surface area contributed by atoms with E-state index >= 15 is 0 Å². The van der Waals surface area contributed by atoms with Gasteiger partial charge in [0.1, 0.15) is 17.3 Å². The first-order valence-corrected chi connectivity index (χ1v) is 14.4. The molecule has 2 aliphatic carbocycles. The molecule has 1 aliphatic heterocycles. The molecule has 3 aliphatic rings. The third kappa shape index (κ3) is 4.35. The zero-order chi connectivity index (χ0) is 21.5. The SMILES string of the molecule is CCCCC(=O)CS1(OS(=O)(=O)CC23CCC(CC2=O)C3(C)C)CCC(=O)CC1. The molecule has 2 atom stereocenters. The number of carbonyl (C=O) groups is 3. The van der Waals surface area contributed by atoms with Gasteiger partial charge in [0.15, 0.2) is 0 Å². The van der Waals surface area contributed by atoms with Crippen molar-refractivity contribution in [2.24, 2.45) is 16.7 Å². The van der Waals surface area contributed by atoms with Crippen LogP contribution in [-0.4, -0.2) is 48.8 Å². The standard InChI is InChI=1S/C21H34O6S2/c1-4-5-6-18(23)14-28(11-8-17(22)9-12-28)27-29(25,26)15-21-10-7-16(13-19(21)24)20(21,2)3/h16H,4-15H2,1-3H3. The summed E-state index contributed by atoms with van der Waals surface area (Å²) in [5, 5.41) is 0. The van der Waals surface area contributed by atoms with E-state index in [0.717, 1.165) is 19.3 Å². The molecule has 3 rings (SSSR count). The number of ketones is 3. The molecule has 0 radical (unpaired) electrons. The van der Waals surface area contributed by atoms with Crippen LogP contribution in [0.2, 0.25) is 0 Å². The molecule has 1 heterocycles. The lowest BCUT2D eigenvalue weighted by molar-refractivity contribution is -0.128. The van der Waals surface area contributed by atoms with Gasteiger partial charge >= 0.3 is 0 Å². The molecule has 0 amide bonds. The van der Waals surface area contributed by atoms with Crippen LogP contribution in [-0.2, 0) is 28.1 Å². The number of hydrogen-bond donors (Lipinski definition) is 0. The van der Waals surface area contributed by atoms with Crippen molar-refractivity contribution >= 4 is 37.8 Å². The van der Waals surface area contributed by atoms with Crippen LogP contribution in [0.15, 0.2) is 0 Å². The van der Waals surface area contributed by atoms with E-state index in [1.54, 1.807) is 0 Å². The minimum Gasteiger partial charge on any atom is -0.300 e. The van der Waals surface area contributed by atoms with E-state index in [2.05, 4.69) is 0 Å². The minimum atomic E-state index is -4.00. The molecule has 29 heavy (non-hydrogen) atoms. The second-order valence-corrected chi connectivity index (χ2v) is 14.6. The molecule has 0 spiro atoms. The molecular weight excluding hydrogens is 412 g/mol. The highest BCUT2D eigenvalue weighted by Gasteiger charge is 2.65. The van der Waals surface area contributed by atoms with Crippen molar-refractivity contribution in [2.45, 2.75) is 72.1 Å². The molecule has 3 fully saturated rings. The summed E-state index contributed by atoms with van der Waals surface area (Å²) in [5.74, 6) is 0.844. The average Bonchev–Trinajstić information content (AvgIpc) is 2.96. The molecular formula is C21H34O6S2. The normalized spacial score (nSPS) is 31.8. The largest absolute Gasteiger partial charge is 0.300 e. The lowest BCUT2D eigenvalue weighted by Crippen LogP contribution is -2.43. The van der Waals surface area contributed by atoms with Crippen LogP contribution in [0, 0.1) is 16.7 Å². The van der Waals surface area contributed by atoms with Crippen molar-refractivity contribution in [3.8, 4) is 0 Å². The van der Waals surface area contributed by atoms with Gasteiger partial charge < -0.3 is 0 Å². The van der Waals surface area contributed by atoms with Crippen LogP contribution in [0.1, 0.15) is 72.1 Å². The van der Waals surface area contributed by atoms with Crippen LogP contribution in [0.3, 0.4) is 0 Å². The summed E-state index contributed by atoms with van der Waals surface area (Å²) >= 11 is 0. The van der Waals surface area contributed by atoms with Gasteiger partial charge in [0, 0.05) is 37.2 Å². The molecule has 0 aromatic heterocycles. The Balaban J connectivity index is 1.80. The Kier molecular flexibility index (Phi) is 6.39. The number of Topliss-reactive ketones (excluding diaryl/α,β-unsaturated/α-hetero) is 3. The van der Waals surface area contributed by atoms with Gasteiger partial charge in [-0.15, -0.1) is 10.3 Å². The van der Waals surface area contributed by atoms with Crippen LogP contribution >= 0.6 is 10.3 Å². The Morgan fingerprint density at radius 3 is 2.38 bits per heavy atom. The molecule has 6 nitrogen and oxygen atoms in total. The van der Waals surface area contributed by atoms with Gasteiger partial charge in [-0.05, 0) is 30.6 Å². The maximum atomic E-state index is 13.2. The van der Waals surface area contributed by atoms with Crippen LogP contribution in [0.25, 0.3) is 0 Å². The second kappa shape index (κ2) is 8.08. The van der Waals surface area contributed by atoms with Gasteiger partial charge in [0.2, 0.25) is 0 Å². The number of fused-ring (bicyclic) bond motifs is 2. The highest BCUT2D eigenvalue weighted by Crippen LogP contribution is 2.65. The first-order valence-electron chi connectivity index (χ1n) is 10.7. The van der Waals surface area contributed by atoms with E-state index in [1.807, 2.05) is 20.8 Å². The number of rotatable bonds is 9. The fourth-order valence-corrected chi connectivity index (χ4v) is 11.8. The van der Waals surface area contributed by atoms with Crippen molar-refractivity contribution in [3.05, 3.63) is 0 Å². The molecule has 0 aromatic carbocycles. The van der Waals surface area contributed by atoms with E-state index in [9.17, 15) is 22.8 Å². The summed E-state index contributed by atoms with van der Waals surface area (Å²) in [6.07, 6.45) is 4.52. The minimum absolute atomic E-state index is 0.0164. The first kappa shape index (κ1) is 22.9. The second-order valence-electron chi connectivity index (χ2n) is 9.64. The topological polar surface area (TPSA) is 94.6 Å². The number of hydrogen-bond acceptors (Lipinski definition) is 6. The zero-order valence-electron chi connectivity index (χ0n) is 17.8. The van der Waals surface area contributed by atoms with Gasteiger partial charge in [-0.25, -0.2) is 3.63 Å². The Hall–Kier alpha value is -0.730. The molecule has 8 heteroatoms. The van der Waals surface area contributed by atoms with Crippen molar-refractivity contribution in [3.63, 3.8) is 0 Å². The monoisotopic (exact) mass is 446 g/mol. The highest BCUT2D eigenvalue weighted by molar-refractivity contribution is 8.33. The van der Waals surface area contributed by atoms with Crippen molar-refractivity contribution in [2.75, 3.05) is 23.0 Å². The maximum Gasteiger partial charge on any atom is 0.277 e. The first-order chi connectivity index (χ1) is 13.5. The molecule has 2 bridgehead atoms. The van der Waals surface area contributed by atoms with Crippen molar-refractivity contribution in [1.82, 2.24) is 0 Å². The third-order valence-electron chi connectivity index (χ3n) is 7.55. The molecule has 2 saturated carbocycles. The van der Waals surface area contributed by atoms with Gasteiger partial charge in [0.25, 0.3) is 10.1 Å². The van der Waals surface area contributed by atoms with E-state index < -0.39 is 25.8 Å². The van der Waals surface area contributed by atoms with E-state index in [4.69, 9.17) is 3.63 Å². The van der Waals surface area contributed by atoms with Crippen molar-refractivity contribution < 1.29 is 26.4 Å². The Bertz CT molecular complexity index is 790. The van der Waals surface area contributed by atoms with E-state index in [0.29, 0.717) is 30.8 Å². The van der Waals surface area contributed by atoms with Crippen LogP contribution in [0.5, 0.6) is 0 Å². The molecule has 1 saturated heterocycles. The lowest BCUT2D eigenvalue weighted by Gasteiger charge is -2.42. The average molecular weight is 447 g/mol. The highest BCUT2D eigenvalue weighted by atomic mass is 32.3. The number of unbranched alkanes of at least 4 members (excludes halogenated alkanes) is 1. The fraction of sp³-hybridized carbons (Fsp3) is 0.857. The van der Waals surface area contributed by atoms with Crippen molar-refractivity contribution in [1.29, 1.82) is 0 Å². The number of carbonyl (C=O) groups excluding carboxylic acids is 3. The summed E-state index contributed by atoms with van der Waals surface area (Å²) in [4.78, 5) is 37.0. The predicted octanol–water partition coefficient (Wildman–Crippen LogP) is 3.57. The molecule has 2 unspecified atom stereocenters. The lowest BCUT2D eigenvalue weighted by atomic mass is 9.70. The quantitative estimate of drug-likeness (QED) is 0.537. The Labute approximate surface area is 176 Å². The zero-order valence-corrected chi connectivity index (χ0v) is 19.5. The summed E-state index contributed by atoms with van der Waals surface area (Å²) in [6.45, 7) is 6.01. The Morgan fingerprint density at radius 1 is 1.21 bits per heavy atom. The van der Waals surface area contributed by atoms with Gasteiger partial charge in [-0.3, -0.25) is 14.4 Å². The molecule has 166 valence electrons.